The Morgan fingerprint density at radius 3 is 2.16 bits per heavy atom. The largest absolute Gasteiger partial charge is 0.424 e. The van der Waals surface area contributed by atoms with E-state index in [2.05, 4.69) is 12.2 Å². The molecule has 4 aliphatic carbocycles. The van der Waals surface area contributed by atoms with Crippen LogP contribution in [0.3, 0.4) is 0 Å². The van der Waals surface area contributed by atoms with Gasteiger partial charge >= 0.3 is 5.97 Å². The third kappa shape index (κ3) is 3.39. The van der Waals surface area contributed by atoms with E-state index in [1.165, 1.54) is 11.8 Å². The van der Waals surface area contributed by atoms with E-state index in [1.54, 1.807) is 12.1 Å². The Labute approximate surface area is 220 Å². The van der Waals surface area contributed by atoms with Crippen LogP contribution in [0.4, 0.5) is 0 Å². The first-order chi connectivity index (χ1) is 18.4. The van der Waals surface area contributed by atoms with Crippen molar-refractivity contribution in [3.05, 3.63) is 90.0 Å². The monoisotopic (exact) mass is 505 g/mol. The van der Waals surface area contributed by atoms with E-state index in [-0.39, 0.29) is 47.2 Å². The molecule has 0 N–H and O–H groups in total. The van der Waals surface area contributed by atoms with Crippen LogP contribution in [0.25, 0.3) is 10.8 Å². The summed E-state index contributed by atoms with van der Waals surface area (Å²) in [7, 11) is 0. The lowest BCUT2D eigenvalue weighted by molar-refractivity contribution is -0.153. The number of rotatable bonds is 6. The highest BCUT2D eigenvalue weighted by molar-refractivity contribution is 6.10. The van der Waals surface area contributed by atoms with Crippen molar-refractivity contribution >= 4 is 34.3 Å². The van der Waals surface area contributed by atoms with Gasteiger partial charge in [0, 0.05) is 11.8 Å². The van der Waals surface area contributed by atoms with Crippen molar-refractivity contribution in [2.24, 2.45) is 35.5 Å². The van der Waals surface area contributed by atoms with E-state index in [1.807, 2.05) is 54.6 Å². The molecule has 1 heterocycles. The van der Waals surface area contributed by atoms with Crippen molar-refractivity contribution in [2.75, 3.05) is 0 Å². The summed E-state index contributed by atoms with van der Waals surface area (Å²) in [5.41, 5.74) is 1.10. The highest BCUT2D eigenvalue weighted by Crippen LogP contribution is 2.65. The maximum atomic E-state index is 14.0. The number of fused-ring (bicyclic) bond motifs is 1. The summed E-state index contributed by atoms with van der Waals surface area (Å²) in [6.07, 6.45) is 5.45. The van der Waals surface area contributed by atoms with Gasteiger partial charge in [0.2, 0.25) is 11.8 Å². The number of imide groups is 1. The van der Waals surface area contributed by atoms with Gasteiger partial charge in [-0.1, -0.05) is 72.8 Å². The number of hydrogen-bond donors (Lipinski definition) is 0. The van der Waals surface area contributed by atoms with E-state index in [0.717, 1.165) is 17.4 Å². The van der Waals surface area contributed by atoms with E-state index in [0.29, 0.717) is 17.2 Å². The molecule has 2 saturated carbocycles. The fraction of sp³-hybridized carbons (Fsp3) is 0.312. The molecule has 2 bridgehead atoms. The lowest BCUT2D eigenvalue weighted by Crippen LogP contribution is -2.48. The summed E-state index contributed by atoms with van der Waals surface area (Å²) >= 11 is 0. The van der Waals surface area contributed by atoms with Crippen molar-refractivity contribution in [2.45, 2.75) is 25.8 Å². The quantitative estimate of drug-likeness (QED) is 0.161. The minimum Gasteiger partial charge on any atom is -0.424 e. The molecular formula is C32H27NO5. The maximum absolute atomic E-state index is 14.0. The van der Waals surface area contributed by atoms with Gasteiger partial charge in [0.05, 0.1) is 17.4 Å². The number of Topliss-reactive ketones (excluding diaryl/α,β-unsaturated/α-hetero) is 1. The number of benzene rings is 3. The van der Waals surface area contributed by atoms with Gasteiger partial charge in [-0.15, -0.1) is 0 Å². The van der Waals surface area contributed by atoms with Crippen LogP contribution in [0.1, 0.15) is 29.3 Å². The molecule has 0 spiro atoms. The normalized spacial score (nSPS) is 29.2. The Kier molecular flexibility index (Phi) is 5.15. The van der Waals surface area contributed by atoms with Gasteiger partial charge in [-0.05, 0) is 54.0 Å². The Balaban J connectivity index is 1.28. The zero-order chi connectivity index (χ0) is 26.1. The van der Waals surface area contributed by atoms with Crippen molar-refractivity contribution in [3.63, 3.8) is 0 Å². The Bertz CT molecular complexity index is 1510. The van der Waals surface area contributed by atoms with Gasteiger partial charge in [-0.2, -0.15) is 0 Å². The molecule has 0 unspecified atom stereocenters. The predicted molar refractivity (Wildman–Crippen MR) is 140 cm³/mol. The van der Waals surface area contributed by atoms with Crippen LogP contribution < -0.4 is 4.74 Å². The van der Waals surface area contributed by atoms with Crippen molar-refractivity contribution in [1.82, 2.24) is 4.90 Å². The van der Waals surface area contributed by atoms with Crippen molar-refractivity contribution < 1.29 is 23.9 Å². The molecule has 3 fully saturated rings. The first kappa shape index (κ1) is 23.1. The summed E-state index contributed by atoms with van der Waals surface area (Å²) in [5, 5.41) is 1.45. The molecule has 3 aromatic rings. The van der Waals surface area contributed by atoms with Gasteiger partial charge in [-0.3, -0.25) is 19.3 Å². The number of carbonyl (C=O) groups excluding carboxylic acids is 4. The summed E-state index contributed by atoms with van der Waals surface area (Å²) < 4.78 is 5.99. The molecule has 1 saturated heterocycles. The minimum atomic E-state index is -1.13. The number of hydrogen-bond acceptors (Lipinski definition) is 5. The van der Waals surface area contributed by atoms with Gasteiger partial charge in [0.15, 0.2) is 5.78 Å². The zero-order valence-corrected chi connectivity index (χ0v) is 20.9. The molecule has 190 valence electrons. The van der Waals surface area contributed by atoms with Crippen LogP contribution in [0.5, 0.6) is 5.75 Å². The molecule has 5 aliphatic rings. The second-order valence-electron chi connectivity index (χ2n) is 11.0. The third-order valence-electron chi connectivity index (χ3n) is 9.01. The van der Waals surface area contributed by atoms with Crippen LogP contribution in [0.2, 0.25) is 0 Å². The molecule has 0 aromatic heterocycles. The number of amides is 2. The van der Waals surface area contributed by atoms with Gasteiger partial charge < -0.3 is 4.74 Å². The number of esters is 1. The highest BCUT2D eigenvalue weighted by atomic mass is 16.5. The van der Waals surface area contributed by atoms with Crippen LogP contribution >= 0.6 is 0 Å². The molecular weight excluding hydrogens is 478 g/mol. The standard InChI is InChI=1S/C32H27NO5/c1-17(34)20-12-11-19-9-5-6-10-21(19)29(20)38-32(37)26(15-18-7-3-2-4-8-18)33-30(35)27-22-13-14-23(25-16-24(22)25)28(27)31(33)36/h2-14,22-28H,15-16H2,1H3/t22-,23-,24-,25-,26+,27+,28+/m1/s1. The second kappa shape index (κ2) is 8.48. The maximum Gasteiger partial charge on any atom is 0.335 e. The van der Waals surface area contributed by atoms with Gasteiger partial charge in [-0.25, -0.2) is 4.79 Å². The molecule has 38 heavy (non-hydrogen) atoms. The van der Waals surface area contributed by atoms with E-state index in [9.17, 15) is 19.2 Å². The number of ether oxygens (including phenoxy) is 1. The second-order valence-corrected chi connectivity index (χ2v) is 11.0. The Morgan fingerprint density at radius 2 is 1.50 bits per heavy atom. The molecule has 7 atom stereocenters. The molecule has 8 rings (SSSR count). The van der Waals surface area contributed by atoms with Crippen LogP contribution in [-0.4, -0.2) is 34.5 Å². The molecule has 6 nitrogen and oxygen atoms in total. The number of ketones is 1. The van der Waals surface area contributed by atoms with Crippen LogP contribution in [-0.2, 0) is 20.8 Å². The fourth-order valence-electron chi connectivity index (χ4n) is 7.20. The van der Waals surface area contributed by atoms with Gasteiger partial charge in [0.25, 0.3) is 0 Å². The van der Waals surface area contributed by atoms with Crippen molar-refractivity contribution in [1.29, 1.82) is 0 Å². The van der Waals surface area contributed by atoms with Crippen molar-refractivity contribution in [3.8, 4) is 5.75 Å². The highest BCUT2D eigenvalue weighted by Gasteiger charge is 2.68. The van der Waals surface area contributed by atoms with E-state index in [4.69, 9.17) is 4.74 Å². The van der Waals surface area contributed by atoms with E-state index >= 15 is 0 Å². The van der Waals surface area contributed by atoms with E-state index < -0.39 is 23.8 Å². The Morgan fingerprint density at radius 1 is 0.868 bits per heavy atom. The number of carbonyl (C=O) groups is 4. The zero-order valence-electron chi connectivity index (χ0n) is 20.9. The van der Waals surface area contributed by atoms with Crippen LogP contribution in [0, 0.1) is 35.5 Å². The van der Waals surface area contributed by atoms with Crippen LogP contribution in [0.15, 0.2) is 78.9 Å². The minimum absolute atomic E-state index is 0.0622. The predicted octanol–water partition coefficient (Wildman–Crippen LogP) is 4.61. The first-order valence-corrected chi connectivity index (χ1v) is 13.3. The lowest BCUT2D eigenvalue weighted by Gasteiger charge is -2.37. The smallest absolute Gasteiger partial charge is 0.335 e. The lowest BCUT2D eigenvalue weighted by atomic mass is 9.63. The molecule has 3 aromatic carbocycles. The summed E-state index contributed by atoms with van der Waals surface area (Å²) in [5.74, 6) is -1.07. The molecule has 0 radical (unpaired) electrons. The molecule has 6 heteroatoms. The summed E-state index contributed by atoms with van der Waals surface area (Å²) in [6.45, 7) is 1.43. The number of nitrogens with zero attached hydrogens (tertiary/aromatic N) is 1. The summed E-state index contributed by atoms with van der Waals surface area (Å²) in [6, 6.07) is 19.1. The fourth-order valence-corrected chi connectivity index (χ4v) is 7.20. The average Bonchev–Trinajstić information content (AvgIpc) is 3.71. The Hall–Kier alpha value is -4.06. The molecule has 2 amide bonds. The average molecular weight is 506 g/mol. The molecule has 1 aliphatic heterocycles. The topological polar surface area (TPSA) is 80.8 Å². The van der Waals surface area contributed by atoms with Gasteiger partial charge in [0.1, 0.15) is 11.8 Å². The number of allylic oxidation sites excluding steroid dienone is 2. The number of likely N-dealkylation sites (tertiary alicyclic amines) is 1. The SMILES string of the molecule is CC(=O)c1ccc2ccccc2c1OC(=O)[C@H](Cc1ccccc1)N1C(=O)[C@H]2[C@@H]3C=C[C@H]([C@H]4C[C@H]34)[C@@H]2C1=O. The third-order valence-corrected chi connectivity index (χ3v) is 9.01. The summed E-state index contributed by atoms with van der Waals surface area (Å²) in [4.78, 5) is 55.4. The first-order valence-electron chi connectivity index (χ1n) is 13.3.